The topological polar surface area (TPSA) is 103 Å². The predicted octanol–water partition coefficient (Wildman–Crippen LogP) is 3.59. The normalized spacial score (nSPS) is 13.8. The van der Waals surface area contributed by atoms with Gasteiger partial charge in [0.15, 0.2) is 0 Å². The highest BCUT2D eigenvalue weighted by Gasteiger charge is 2.49. The summed E-state index contributed by atoms with van der Waals surface area (Å²) in [7, 11) is 0. The lowest BCUT2D eigenvalue weighted by Gasteiger charge is -2.37. The third-order valence-electron chi connectivity index (χ3n) is 5.29. The van der Waals surface area contributed by atoms with Crippen LogP contribution in [-0.2, 0) is 19.1 Å². The van der Waals surface area contributed by atoms with Crippen molar-refractivity contribution >= 4 is 23.0 Å². The number of hydrogen-bond donors (Lipinski definition) is 0. The van der Waals surface area contributed by atoms with E-state index in [1.807, 2.05) is 48.5 Å². The zero-order valence-electron chi connectivity index (χ0n) is 18.5. The van der Waals surface area contributed by atoms with Crippen molar-refractivity contribution in [3.05, 3.63) is 71.8 Å². The summed E-state index contributed by atoms with van der Waals surface area (Å²) in [6, 6.07) is 22.2. The maximum absolute atomic E-state index is 13.8. The first-order valence-corrected chi connectivity index (χ1v) is 10.7. The molecule has 2 aromatic carbocycles. The van der Waals surface area contributed by atoms with Gasteiger partial charge in [0, 0.05) is 0 Å². The molecule has 0 N–H and O–H groups in total. The van der Waals surface area contributed by atoms with Crippen LogP contribution in [-0.4, -0.2) is 48.7 Å². The van der Waals surface area contributed by atoms with Gasteiger partial charge in [-0.3, -0.25) is 14.5 Å². The largest absolute Gasteiger partial charge is 0.378 e. The van der Waals surface area contributed by atoms with Crippen LogP contribution in [0, 0.1) is 22.7 Å². The van der Waals surface area contributed by atoms with Crippen LogP contribution in [0.5, 0.6) is 0 Å². The molecule has 0 radical (unpaired) electrons. The van der Waals surface area contributed by atoms with Gasteiger partial charge in [0.2, 0.25) is 0 Å². The summed E-state index contributed by atoms with van der Waals surface area (Å²) in [5.74, 6) is -0.861. The van der Waals surface area contributed by atoms with Crippen molar-refractivity contribution in [3.63, 3.8) is 0 Å². The molecular weight excluding hydrogens is 418 g/mol. The van der Waals surface area contributed by atoms with Crippen molar-refractivity contribution in [2.24, 2.45) is 0 Å². The number of benzene rings is 2. The van der Waals surface area contributed by atoms with Gasteiger partial charge in [-0.15, -0.1) is 0 Å². The summed E-state index contributed by atoms with van der Waals surface area (Å²) in [5, 5.41) is 17.6. The maximum Gasteiger partial charge on any atom is 0.262 e. The van der Waals surface area contributed by atoms with Crippen LogP contribution >= 0.6 is 0 Å². The van der Waals surface area contributed by atoms with Crippen molar-refractivity contribution in [1.29, 1.82) is 10.5 Å². The van der Waals surface area contributed by atoms with Crippen LogP contribution in [0.3, 0.4) is 0 Å². The number of carbonyl (C=O) groups excluding carboxylic acids is 2. The molecule has 7 heteroatoms. The Bertz CT molecular complexity index is 1010. The molecule has 7 nitrogen and oxygen atoms in total. The van der Waals surface area contributed by atoms with E-state index in [-0.39, 0.29) is 39.3 Å². The maximum atomic E-state index is 13.8. The molecule has 0 spiro atoms. The Morgan fingerprint density at radius 2 is 1.15 bits per heavy atom. The smallest absolute Gasteiger partial charge is 0.262 e. The second-order valence-electron chi connectivity index (χ2n) is 7.85. The monoisotopic (exact) mass is 443 g/mol. The molecule has 33 heavy (non-hydrogen) atoms. The molecule has 168 valence electrons. The number of nitrogens with zero attached hydrogens (tertiary/aromatic N) is 3. The lowest BCUT2D eigenvalue weighted by molar-refractivity contribution is -0.149. The van der Waals surface area contributed by atoms with E-state index in [1.165, 1.54) is 4.90 Å². The molecule has 0 saturated heterocycles. The highest BCUT2D eigenvalue weighted by atomic mass is 16.5. The second-order valence-corrected chi connectivity index (χ2v) is 7.85. The van der Waals surface area contributed by atoms with Crippen LogP contribution in [0.2, 0.25) is 0 Å². The Morgan fingerprint density at radius 1 is 0.758 bits per heavy atom. The SMILES string of the molecule is CC(COCCC#N)(COCCC#N)N1C(=O)C(c2ccccc2)=C(c2ccccc2)C1=O. The lowest BCUT2D eigenvalue weighted by Crippen LogP contribution is -2.56. The first kappa shape index (κ1) is 23.9. The third kappa shape index (κ3) is 5.35. The minimum Gasteiger partial charge on any atom is -0.378 e. The third-order valence-corrected chi connectivity index (χ3v) is 5.29. The van der Waals surface area contributed by atoms with E-state index in [9.17, 15) is 9.59 Å². The zero-order chi connectivity index (χ0) is 23.7. The minimum absolute atomic E-state index is 0.00283. The molecule has 2 amide bonds. The van der Waals surface area contributed by atoms with Gasteiger partial charge in [0.05, 0.1) is 68.1 Å². The van der Waals surface area contributed by atoms with Crippen molar-refractivity contribution in [1.82, 2.24) is 4.90 Å². The van der Waals surface area contributed by atoms with Crippen molar-refractivity contribution < 1.29 is 19.1 Å². The molecule has 0 atom stereocenters. The van der Waals surface area contributed by atoms with E-state index in [1.54, 1.807) is 31.2 Å². The lowest BCUT2D eigenvalue weighted by atomic mass is 9.96. The molecule has 0 bridgehead atoms. The molecule has 1 aliphatic heterocycles. The van der Waals surface area contributed by atoms with E-state index < -0.39 is 17.4 Å². The standard InChI is InChI=1S/C26H25N3O4/c1-26(18-32-16-8-14-27,19-33-17-9-15-28)29-24(30)22(20-10-4-2-5-11-20)23(25(29)31)21-12-6-3-7-13-21/h2-7,10-13H,8-9,16-19H2,1H3. The Balaban J connectivity index is 2.02. The van der Waals surface area contributed by atoms with Gasteiger partial charge in [-0.2, -0.15) is 10.5 Å². The molecule has 1 heterocycles. The Hall–Kier alpha value is -3.78. The fraction of sp³-hybridized carbons (Fsp3) is 0.308. The van der Waals surface area contributed by atoms with Gasteiger partial charge < -0.3 is 9.47 Å². The quantitative estimate of drug-likeness (QED) is 0.388. The van der Waals surface area contributed by atoms with Crippen molar-refractivity contribution in [3.8, 4) is 12.1 Å². The molecule has 1 aliphatic rings. The Labute approximate surface area is 193 Å². The van der Waals surface area contributed by atoms with Gasteiger partial charge in [-0.1, -0.05) is 60.7 Å². The van der Waals surface area contributed by atoms with Crippen LogP contribution in [0.1, 0.15) is 30.9 Å². The number of ether oxygens (including phenoxy) is 2. The predicted molar refractivity (Wildman–Crippen MR) is 122 cm³/mol. The average Bonchev–Trinajstić information content (AvgIpc) is 3.11. The van der Waals surface area contributed by atoms with Crippen molar-refractivity contribution in [2.45, 2.75) is 25.3 Å². The number of rotatable bonds is 11. The van der Waals surface area contributed by atoms with Crippen molar-refractivity contribution in [2.75, 3.05) is 26.4 Å². The van der Waals surface area contributed by atoms with Gasteiger partial charge in [0.25, 0.3) is 11.8 Å². The molecule has 0 aliphatic carbocycles. The van der Waals surface area contributed by atoms with Crippen LogP contribution in [0.4, 0.5) is 0 Å². The molecule has 0 unspecified atom stereocenters. The Kier molecular flexibility index (Phi) is 8.10. The number of amides is 2. The number of imide groups is 1. The summed E-state index contributed by atoms with van der Waals surface area (Å²) in [6.45, 7) is 2.07. The summed E-state index contributed by atoms with van der Waals surface area (Å²) in [6.07, 6.45) is 0.381. The highest BCUT2D eigenvalue weighted by Crippen LogP contribution is 2.39. The van der Waals surface area contributed by atoms with E-state index in [2.05, 4.69) is 0 Å². The fourth-order valence-corrected chi connectivity index (χ4v) is 3.76. The zero-order valence-corrected chi connectivity index (χ0v) is 18.5. The van der Waals surface area contributed by atoms with Gasteiger partial charge in [0.1, 0.15) is 0 Å². The van der Waals surface area contributed by atoms with E-state index in [4.69, 9.17) is 20.0 Å². The van der Waals surface area contributed by atoms with E-state index in [0.717, 1.165) is 0 Å². The minimum atomic E-state index is -1.13. The van der Waals surface area contributed by atoms with Gasteiger partial charge in [-0.25, -0.2) is 0 Å². The first-order valence-electron chi connectivity index (χ1n) is 10.7. The molecule has 0 saturated carbocycles. The number of carbonyl (C=O) groups is 2. The molecule has 2 aromatic rings. The average molecular weight is 444 g/mol. The summed E-state index contributed by atoms with van der Waals surface area (Å²) < 4.78 is 11.3. The number of nitriles is 2. The first-order chi connectivity index (χ1) is 16.0. The van der Waals surface area contributed by atoms with E-state index >= 15 is 0 Å². The summed E-state index contributed by atoms with van der Waals surface area (Å²) in [4.78, 5) is 28.7. The molecule has 0 aromatic heterocycles. The van der Waals surface area contributed by atoms with Crippen LogP contribution in [0.25, 0.3) is 11.1 Å². The summed E-state index contributed by atoms with van der Waals surface area (Å²) >= 11 is 0. The summed E-state index contributed by atoms with van der Waals surface area (Å²) in [5.41, 5.74) is 0.820. The van der Waals surface area contributed by atoms with Crippen LogP contribution < -0.4 is 0 Å². The van der Waals surface area contributed by atoms with Gasteiger partial charge >= 0.3 is 0 Å². The Morgan fingerprint density at radius 3 is 1.52 bits per heavy atom. The highest BCUT2D eigenvalue weighted by molar-refractivity contribution is 6.49. The molecule has 3 rings (SSSR count). The van der Waals surface area contributed by atoms with E-state index in [0.29, 0.717) is 22.3 Å². The fourth-order valence-electron chi connectivity index (χ4n) is 3.76. The molecular formula is C26H25N3O4. The second kappa shape index (κ2) is 11.2. The van der Waals surface area contributed by atoms with Gasteiger partial charge in [-0.05, 0) is 18.1 Å². The van der Waals surface area contributed by atoms with Crippen LogP contribution in [0.15, 0.2) is 60.7 Å². The molecule has 0 fully saturated rings. The number of hydrogen-bond acceptors (Lipinski definition) is 6.